The van der Waals surface area contributed by atoms with Crippen LogP contribution in [0, 0.1) is 5.82 Å². The number of anilines is 1. The molecule has 2 N–H and O–H groups in total. The minimum absolute atomic E-state index is 0.205. The fraction of sp³-hybridized carbons (Fsp3) is 0.571. The minimum atomic E-state index is -0.711. The minimum Gasteiger partial charge on any atom is -0.388 e. The van der Waals surface area contributed by atoms with Gasteiger partial charge in [-0.3, -0.25) is 0 Å². The van der Waals surface area contributed by atoms with Crippen molar-refractivity contribution in [3.63, 3.8) is 0 Å². The maximum Gasteiger partial charge on any atom is 0.146 e. The molecule has 0 radical (unpaired) electrons. The molecule has 0 amide bonds. The maximum absolute atomic E-state index is 14.0. The molecule has 1 aliphatic rings. The molecule has 0 aromatic heterocycles. The maximum atomic E-state index is 14.0. The van der Waals surface area contributed by atoms with E-state index in [0.29, 0.717) is 31.7 Å². The van der Waals surface area contributed by atoms with Gasteiger partial charge in [0.1, 0.15) is 5.82 Å². The van der Waals surface area contributed by atoms with E-state index < -0.39 is 5.60 Å². The first-order valence-electron chi connectivity index (χ1n) is 6.49. The van der Waals surface area contributed by atoms with Gasteiger partial charge in [0, 0.05) is 19.6 Å². The zero-order valence-corrected chi connectivity index (χ0v) is 11.0. The van der Waals surface area contributed by atoms with Gasteiger partial charge in [0.2, 0.25) is 0 Å². The average Bonchev–Trinajstić information content (AvgIpc) is 2.66. The molecule has 3 nitrogen and oxygen atoms in total. The summed E-state index contributed by atoms with van der Waals surface area (Å²) in [4.78, 5) is 1.95. The summed E-state index contributed by atoms with van der Waals surface area (Å²) < 4.78 is 14.0. The summed E-state index contributed by atoms with van der Waals surface area (Å²) in [7, 11) is 0. The second kappa shape index (κ2) is 5.24. The van der Waals surface area contributed by atoms with E-state index in [1.807, 2.05) is 17.9 Å². The molecule has 18 heavy (non-hydrogen) atoms. The van der Waals surface area contributed by atoms with Gasteiger partial charge in [-0.25, -0.2) is 4.39 Å². The Morgan fingerprint density at radius 2 is 2.28 bits per heavy atom. The Morgan fingerprint density at radius 3 is 2.89 bits per heavy atom. The van der Waals surface area contributed by atoms with Gasteiger partial charge in [0.05, 0.1) is 11.3 Å². The van der Waals surface area contributed by atoms with Gasteiger partial charge in [-0.15, -0.1) is 0 Å². The lowest BCUT2D eigenvalue weighted by Gasteiger charge is -2.24. The summed E-state index contributed by atoms with van der Waals surface area (Å²) in [6.07, 6.45) is 0.683. The van der Waals surface area contributed by atoms with E-state index in [1.165, 1.54) is 6.07 Å². The first-order valence-corrected chi connectivity index (χ1v) is 6.49. The van der Waals surface area contributed by atoms with Crippen molar-refractivity contribution in [2.45, 2.75) is 32.4 Å². The van der Waals surface area contributed by atoms with Gasteiger partial charge in [-0.05, 0) is 31.5 Å². The number of rotatable bonds is 4. The van der Waals surface area contributed by atoms with Crippen molar-refractivity contribution in [3.8, 4) is 0 Å². The van der Waals surface area contributed by atoms with Gasteiger partial charge in [0.25, 0.3) is 0 Å². The Hall–Kier alpha value is -1.13. The molecule has 100 valence electrons. The van der Waals surface area contributed by atoms with E-state index in [2.05, 4.69) is 5.32 Å². The third-order valence-electron chi connectivity index (χ3n) is 3.40. The number of halogens is 1. The van der Waals surface area contributed by atoms with Crippen molar-refractivity contribution in [2.75, 3.05) is 24.5 Å². The van der Waals surface area contributed by atoms with Crippen molar-refractivity contribution in [1.29, 1.82) is 0 Å². The zero-order chi connectivity index (χ0) is 13.2. The topological polar surface area (TPSA) is 35.5 Å². The molecule has 0 spiro atoms. The van der Waals surface area contributed by atoms with Crippen LogP contribution >= 0.6 is 0 Å². The number of β-amino-alcohol motifs (C(OH)–C–C–N with tert-alkyl or cyclic N) is 1. The highest BCUT2D eigenvalue weighted by atomic mass is 19.1. The molecule has 4 heteroatoms. The lowest BCUT2D eigenvalue weighted by molar-refractivity contribution is 0.0839. The first-order chi connectivity index (χ1) is 8.53. The molecule has 1 aromatic rings. The molecule has 0 saturated carbocycles. The fourth-order valence-corrected chi connectivity index (χ4v) is 2.45. The number of benzene rings is 1. The summed E-state index contributed by atoms with van der Waals surface area (Å²) >= 11 is 0. The molecule has 1 aliphatic heterocycles. The Bertz CT molecular complexity index is 420. The molecular weight excluding hydrogens is 231 g/mol. The quantitative estimate of drug-likeness (QED) is 0.859. The normalized spacial score (nSPS) is 23.7. The first kappa shape index (κ1) is 13.3. The number of hydrogen-bond acceptors (Lipinski definition) is 3. The lowest BCUT2D eigenvalue weighted by atomic mass is 10.1. The van der Waals surface area contributed by atoms with Crippen molar-refractivity contribution < 1.29 is 9.50 Å². The molecule has 1 aromatic carbocycles. The van der Waals surface area contributed by atoms with Crippen LogP contribution in [-0.4, -0.2) is 30.3 Å². The Morgan fingerprint density at radius 1 is 1.50 bits per heavy atom. The highest BCUT2D eigenvalue weighted by molar-refractivity contribution is 5.56. The third kappa shape index (κ3) is 2.82. The number of aliphatic hydroxyl groups is 1. The van der Waals surface area contributed by atoms with E-state index in [0.717, 1.165) is 12.1 Å². The molecule has 1 unspecified atom stereocenters. The monoisotopic (exact) mass is 252 g/mol. The van der Waals surface area contributed by atoms with Crippen LogP contribution in [0.4, 0.5) is 10.1 Å². The Balaban J connectivity index is 2.25. The fourth-order valence-electron chi connectivity index (χ4n) is 2.45. The van der Waals surface area contributed by atoms with Gasteiger partial charge < -0.3 is 15.3 Å². The summed E-state index contributed by atoms with van der Waals surface area (Å²) in [5.74, 6) is -0.205. The lowest BCUT2D eigenvalue weighted by Crippen LogP contribution is -2.31. The van der Waals surface area contributed by atoms with Crippen LogP contribution in [-0.2, 0) is 6.54 Å². The molecular formula is C14H21FN2O. The van der Waals surface area contributed by atoms with Crippen LogP contribution < -0.4 is 10.2 Å². The van der Waals surface area contributed by atoms with Crippen LogP contribution in [0.15, 0.2) is 18.2 Å². The number of para-hydroxylation sites is 1. The summed E-state index contributed by atoms with van der Waals surface area (Å²) in [5, 5.41) is 13.2. The van der Waals surface area contributed by atoms with Crippen LogP contribution in [0.5, 0.6) is 0 Å². The molecule has 1 fully saturated rings. The predicted molar refractivity (Wildman–Crippen MR) is 71.2 cm³/mol. The van der Waals surface area contributed by atoms with Crippen molar-refractivity contribution in [2.24, 2.45) is 0 Å². The standard InChI is InChI=1S/C14H21FN2O/c1-3-16-9-11-5-4-6-12(15)13(11)17-8-7-14(2,18)10-17/h4-6,16,18H,3,7-10H2,1-2H3. The summed E-state index contributed by atoms with van der Waals surface area (Å²) in [5.41, 5.74) is 0.878. The molecule has 0 aliphatic carbocycles. The molecule has 1 atom stereocenters. The predicted octanol–water partition coefficient (Wildman–Crippen LogP) is 1.90. The summed E-state index contributed by atoms with van der Waals surface area (Å²) in [6, 6.07) is 5.16. The van der Waals surface area contributed by atoms with E-state index >= 15 is 0 Å². The van der Waals surface area contributed by atoms with Gasteiger partial charge in [-0.2, -0.15) is 0 Å². The highest BCUT2D eigenvalue weighted by Gasteiger charge is 2.33. The van der Waals surface area contributed by atoms with E-state index in [-0.39, 0.29) is 5.82 Å². The number of nitrogens with one attached hydrogen (secondary N) is 1. The van der Waals surface area contributed by atoms with E-state index in [1.54, 1.807) is 13.0 Å². The number of hydrogen-bond donors (Lipinski definition) is 2. The number of nitrogens with zero attached hydrogens (tertiary/aromatic N) is 1. The molecule has 0 bridgehead atoms. The van der Waals surface area contributed by atoms with Crippen LogP contribution in [0.25, 0.3) is 0 Å². The zero-order valence-electron chi connectivity index (χ0n) is 11.0. The molecule has 2 rings (SSSR count). The van der Waals surface area contributed by atoms with Crippen molar-refractivity contribution >= 4 is 5.69 Å². The van der Waals surface area contributed by atoms with Gasteiger partial charge in [-0.1, -0.05) is 19.1 Å². The van der Waals surface area contributed by atoms with Crippen LogP contribution in [0.3, 0.4) is 0 Å². The highest BCUT2D eigenvalue weighted by Crippen LogP contribution is 2.31. The largest absolute Gasteiger partial charge is 0.388 e. The van der Waals surface area contributed by atoms with E-state index in [9.17, 15) is 9.50 Å². The van der Waals surface area contributed by atoms with Gasteiger partial charge in [0.15, 0.2) is 0 Å². The van der Waals surface area contributed by atoms with E-state index in [4.69, 9.17) is 0 Å². The second-order valence-electron chi connectivity index (χ2n) is 5.20. The van der Waals surface area contributed by atoms with Crippen molar-refractivity contribution in [1.82, 2.24) is 5.32 Å². The SMILES string of the molecule is CCNCc1cccc(F)c1N1CCC(C)(O)C1. The smallest absolute Gasteiger partial charge is 0.146 e. The average molecular weight is 252 g/mol. The Labute approximate surface area is 108 Å². The third-order valence-corrected chi connectivity index (χ3v) is 3.40. The van der Waals surface area contributed by atoms with Gasteiger partial charge >= 0.3 is 0 Å². The molecule has 1 heterocycles. The summed E-state index contributed by atoms with van der Waals surface area (Å²) in [6.45, 7) is 6.54. The van der Waals surface area contributed by atoms with Crippen LogP contribution in [0.2, 0.25) is 0 Å². The van der Waals surface area contributed by atoms with Crippen molar-refractivity contribution in [3.05, 3.63) is 29.6 Å². The Kier molecular flexibility index (Phi) is 3.88. The second-order valence-corrected chi connectivity index (χ2v) is 5.20. The van der Waals surface area contributed by atoms with Crippen LogP contribution in [0.1, 0.15) is 25.8 Å². The molecule has 1 saturated heterocycles.